The molecule has 0 unspecified atom stereocenters. The van der Waals surface area contributed by atoms with Gasteiger partial charge in [-0.1, -0.05) is 0 Å². The largest absolute Gasteiger partial charge is 0.484 e. The molecule has 0 spiro atoms. The number of carbonyl (C=O) groups excluding carboxylic acids is 1. The summed E-state index contributed by atoms with van der Waals surface area (Å²) in [5, 5.41) is 13.2. The molecule has 0 bridgehead atoms. The molecule has 1 saturated heterocycles. The van der Waals surface area contributed by atoms with Crippen molar-refractivity contribution in [2.24, 2.45) is 5.10 Å². The van der Waals surface area contributed by atoms with Gasteiger partial charge < -0.3 is 14.7 Å². The highest BCUT2D eigenvalue weighted by Gasteiger charge is 2.18. The molecule has 28 heavy (non-hydrogen) atoms. The number of anilines is 1. The molecule has 1 fully saturated rings. The smallest absolute Gasteiger partial charge is 0.335 e. The molecule has 1 amide bonds. The fourth-order valence-corrected chi connectivity index (χ4v) is 2.90. The van der Waals surface area contributed by atoms with Crippen LogP contribution in [0.4, 0.5) is 5.69 Å². The van der Waals surface area contributed by atoms with Crippen molar-refractivity contribution in [3.8, 4) is 5.75 Å². The van der Waals surface area contributed by atoms with Crippen molar-refractivity contribution in [3.63, 3.8) is 0 Å². The summed E-state index contributed by atoms with van der Waals surface area (Å²) in [5.41, 5.74) is 5.51. The Morgan fingerprint density at radius 3 is 2.25 bits per heavy atom. The number of hydrazone groups is 1. The van der Waals surface area contributed by atoms with Crippen molar-refractivity contribution in [2.45, 2.75) is 19.8 Å². The van der Waals surface area contributed by atoms with E-state index in [1.165, 1.54) is 12.1 Å². The van der Waals surface area contributed by atoms with Gasteiger partial charge in [0.1, 0.15) is 5.75 Å². The second kappa shape index (κ2) is 9.03. The Kier molecular flexibility index (Phi) is 6.26. The van der Waals surface area contributed by atoms with Gasteiger partial charge in [0.15, 0.2) is 6.61 Å². The Hall–Kier alpha value is -3.35. The number of nitrogens with one attached hydrogen (secondary N) is 1. The van der Waals surface area contributed by atoms with E-state index in [4.69, 9.17) is 9.84 Å². The van der Waals surface area contributed by atoms with Crippen molar-refractivity contribution < 1.29 is 19.4 Å². The fraction of sp³-hybridized carbons (Fsp3) is 0.286. The van der Waals surface area contributed by atoms with Crippen LogP contribution in [0.25, 0.3) is 0 Å². The number of nitrogens with zero attached hydrogens (tertiary/aromatic N) is 2. The molecular weight excluding hydrogens is 358 g/mol. The van der Waals surface area contributed by atoms with E-state index in [0.717, 1.165) is 37.2 Å². The third kappa shape index (κ3) is 5.09. The predicted molar refractivity (Wildman–Crippen MR) is 107 cm³/mol. The lowest BCUT2D eigenvalue weighted by atomic mass is 10.1. The molecule has 1 heterocycles. The van der Waals surface area contributed by atoms with Gasteiger partial charge in [-0.3, -0.25) is 10.2 Å². The van der Waals surface area contributed by atoms with Gasteiger partial charge in [-0.2, -0.15) is 5.10 Å². The number of amides is 1. The van der Waals surface area contributed by atoms with Crippen molar-refractivity contribution in [1.82, 2.24) is 4.90 Å². The summed E-state index contributed by atoms with van der Waals surface area (Å²) in [6, 6.07) is 13.7. The lowest BCUT2D eigenvalue weighted by Gasteiger charge is -2.15. The van der Waals surface area contributed by atoms with Gasteiger partial charge in [-0.05, 0) is 73.9 Å². The average molecular weight is 381 g/mol. The van der Waals surface area contributed by atoms with Crippen LogP contribution >= 0.6 is 0 Å². The SMILES string of the molecule is C/C(=N/Nc1ccc(C(=O)O)cc1)c1ccc(OCC(=O)N2CCCC2)cc1. The molecule has 0 atom stereocenters. The van der Waals surface area contributed by atoms with E-state index >= 15 is 0 Å². The molecule has 3 rings (SSSR count). The van der Waals surface area contributed by atoms with E-state index in [2.05, 4.69) is 10.5 Å². The molecule has 1 aliphatic rings. The van der Waals surface area contributed by atoms with Crippen LogP contribution in [0.3, 0.4) is 0 Å². The van der Waals surface area contributed by atoms with E-state index in [0.29, 0.717) is 11.4 Å². The zero-order valence-electron chi connectivity index (χ0n) is 15.7. The normalized spacial score (nSPS) is 14.0. The number of benzene rings is 2. The van der Waals surface area contributed by atoms with Crippen LogP contribution in [0.1, 0.15) is 35.7 Å². The van der Waals surface area contributed by atoms with Gasteiger partial charge in [0, 0.05) is 13.1 Å². The Morgan fingerprint density at radius 2 is 1.64 bits per heavy atom. The first kappa shape index (κ1) is 19.4. The molecule has 2 aromatic rings. The van der Waals surface area contributed by atoms with Crippen LogP contribution in [-0.2, 0) is 4.79 Å². The van der Waals surface area contributed by atoms with E-state index < -0.39 is 5.97 Å². The van der Waals surface area contributed by atoms with E-state index in [-0.39, 0.29) is 18.1 Å². The lowest BCUT2D eigenvalue weighted by Crippen LogP contribution is -2.32. The third-order valence-corrected chi connectivity index (χ3v) is 4.58. The van der Waals surface area contributed by atoms with Crippen LogP contribution in [0, 0.1) is 0 Å². The standard InChI is InChI=1S/C21H23N3O4/c1-15(22-23-18-8-4-17(5-9-18)21(26)27)16-6-10-19(11-7-16)28-14-20(25)24-12-2-3-13-24/h4-11,23H,2-3,12-14H2,1H3,(H,26,27)/b22-15-. The zero-order valence-corrected chi connectivity index (χ0v) is 15.7. The summed E-state index contributed by atoms with van der Waals surface area (Å²) in [5.74, 6) is -0.297. The van der Waals surface area contributed by atoms with Gasteiger partial charge in [-0.25, -0.2) is 4.79 Å². The number of likely N-dealkylation sites (tertiary alicyclic amines) is 1. The predicted octanol–water partition coefficient (Wildman–Crippen LogP) is 3.22. The maximum Gasteiger partial charge on any atom is 0.335 e. The highest BCUT2D eigenvalue weighted by molar-refractivity contribution is 5.99. The molecule has 146 valence electrons. The molecular formula is C21H23N3O4. The van der Waals surface area contributed by atoms with Crippen molar-refractivity contribution in [2.75, 3.05) is 25.1 Å². The molecule has 7 heteroatoms. The Balaban J connectivity index is 1.53. The Bertz CT molecular complexity index is 854. The second-order valence-corrected chi connectivity index (χ2v) is 6.59. The number of rotatable bonds is 7. The number of ether oxygens (including phenoxy) is 1. The molecule has 0 radical (unpaired) electrons. The average Bonchev–Trinajstić information content (AvgIpc) is 3.26. The van der Waals surface area contributed by atoms with Gasteiger partial charge in [-0.15, -0.1) is 0 Å². The molecule has 0 aliphatic carbocycles. The van der Waals surface area contributed by atoms with Crippen molar-refractivity contribution >= 4 is 23.3 Å². The van der Waals surface area contributed by atoms with Gasteiger partial charge in [0.05, 0.1) is 17.0 Å². The first-order valence-corrected chi connectivity index (χ1v) is 9.17. The minimum absolute atomic E-state index is 0.0254. The Labute approximate surface area is 163 Å². The van der Waals surface area contributed by atoms with Crippen LogP contribution in [-0.4, -0.2) is 47.3 Å². The number of carbonyl (C=O) groups is 2. The van der Waals surface area contributed by atoms with Gasteiger partial charge in [0.25, 0.3) is 5.91 Å². The van der Waals surface area contributed by atoms with Gasteiger partial charge in [0.2, 0.25) is 0 Å². The first-order chi connectivity index (χ1) is 13.5. The molecule has 0 aromatic heterocycles. The number of carboxylic acid groups (broad SMARTS) is 1. The summed E-state index contributed by atoms with van der Waals surface area (Å²) < 4.78 is 5.58. The van der Waals surface area contributed by atoms with E-state index in [1.807, 2.05) is 36.1 Å². The second-order valence-electron chi connectivity index (χ2n) is 6.59. The summed E-state index contributed by atoms with van der Waals surface area (Å²) in [4.78, 5) is 24.7. The van der Waals surface area contributed by atoms with Crippen LogP contribution in [0.2, 0.25) is 0 Å². The van der Waals surface area contributed by atoms with Crippen LogP contribution in [0.15, 0.2) is 53.6 Å². The quantitative estimate of drug-likeness (QED) is 0.568. The maximum absolute atomic E-state index is 12.0. The number of carboxylic acids is 1. The minimum Gasteiger partial charge on any atom is -0.484 e. The lowest BCUT2D eigenvalue weighted by molar-refractivity contribution is -0.132. The van der Waals surface area contributed by atoms with Crippen LogP contribution < -0.4 is 10.2 Å². The number of aromatic carboxylic acids is 1. The summed E-state index contributed by atoms with van der Waals surface area (Å²) in [6.07, 6.45) is 2.13. The zero-order chi connectivity index (χ0) is 19.9. The maximum atomic E-state index is 12.0. The molecule has 1 aliphatic heterocycles. The highest BCUT2D eigenvalue weighted by atomic mass is 16.5. The number of hydrogen-bond acceptors (Lipinski definition) is 5. The molecule has 2 N–H and O–H groups in total. The topological polar surface area (TPSA) is 91.2 Å². The molecule has 0 saturated carbocycles. The summed E-state index contributed by atoms with van der Waals surface area (Å²) >= 11 is 0. The van der Waals surface area contributed by atoms with Crippen molar-refractivity contribution in [3.05, 3.63) is 59.7 Å². The monoisotopic (exact) mass is 381 g/mol. The third-order valence-electron chi connectivity index (χ3n) is 4.58. The van der Waals surface area contributed by atoms with E-state index in [9.17, 15) is 9.59 Å². The van der Waals surface area contributed by atoms with Crippen molar-refractivity contribution in [1.29, 1.82) is 0 Å². The minimum atomic E-state index is -0.962. The highest BCUT2D eigenvalue weighted by Crippen LogP contribution is 2.15. The van der Waals surface area contributed by atoms with Crippen LogP contribution in [0.5, 0.6) is 5.75 Å². The first-order valence-electron chi connectivity index (χ1n) is 9.17. The fourth-order valence-electron chi connectivity index (χ4n) is 2.90. The summed E-state index contributed by atoms with van der Waals surface area (Å²) in [6.45, 7) is 3.57. The van der Waals surface area contributed by atoms with Gasteiger partial charge >= 0.3 is 5.97 Å². The Morgan fingerprint density at radius 1 is 1.04 bits per heavy atom. The van der Waals surface area contributed by atoms with E-state index in [1.54, 1.807) is 12.1 Å². The molecule has 2 aromatic carbocycles. The summed E-state index contributed by atoms with van der Waals surface area (Å²) in [7, 11) is 0. The number of hydrogen-bond donors (Lipinski definition) is 2. The molecule has 7 nitrogen and oxygen atoms in total.